The van der Waals surface area contributed by atoms with Crippen molar-refractivity contribution >= 4 is 21.9 Å². The molecule has 0 saturated carbocycles. The van der Waals surface area contributed by atoms with Gasteiger partial charge in [0.05, 0.1) is 11.1 Å². The van der Waals surface area contributed by atoms with Crippen molar-refractivity contribution in [2.45, 2.75) is 20.3 Å². The van der Waals surface area contributed by atoms with Gasteiger partial charge in [0.25, 0.3) is 0 Å². The van der Waals surface area contributed by atoms with E-state index in [1.54, 1.807) is 12.4 Å². The molecule has 1 aromatic rings. The second-order valence-corrected chi connectivity index (χ2v) is 4.86. The zero-order valence-electron chi connectivity index (χ0n) is 9.74. The third kappa shape index (κ3) is 6.02. The van der Waals surface area contributed by atoms with Crippen LogP contribution < -0.4 is 5.32 Å². The van der Waals surface area contributed by atoms with E-state index < -0.39 is 0 Å². The molecule has 0 aromatic carbocycles. The summed E-state index contributed by atoms with van der Waals surface area (Å²) in [7, 11) is 0. The molecule has 0 aliphatic rings. The number of nitrogens with zero attached hydrogens (tertiary/aromatic N) is 2. The van der Waals surface area contributed by atoms with Crippen molar-refractivity contribution in [1.29, 1.82) is 0 Å². The largest absolute Gasteiger partial charge is 0.380 e. The standard InChI is InChI=1S/C11H18BrN3O/c1-9(2)3-5-16-6-4-13-11-14-7-10(12)8-15-11/h7-9H,3-6H2,1-2H3,(H,13,14,15). The summed E-state index contributed by atoms with van der Waals surface area (Å²) in [6, 6.07) is 0. The summed E-state index contributed by atoms with van der Waals surface area (Å²) in [6.07, 6.45) is 4.54. The fourth-order valence-corrected chi connectivity index (χ4v) is 1.26. The Labute approximate surface area is 105 Å². The van der Waals surface area contributed by atoms with Gasteiger partial charge in [-0.25, -0.2) is 9.97 Å². The van der Waals surface area contributed by atoms with E-state index in [4.69, 9.17) is 4.74 Å². The quantitative estimate of drug-likeness (QED) is 0.784. The van der Waals surface area contributed by atoms with Crippen LogP contribution in [-0.4, -0.2) is 29.7 Å². The van der Waals surface area contributed by atoms with E-state index in [1.807, 2.05) is 0 Å². The van der Waals surface area contributed by atoms with E-state index in [-0.39, 0.29) is 0 Å². The van der Waals surface area contributed by atoms with Gasteiger partial charge in [-0.15, -0.1) is 0 Å². The number of hydrogen-bond donors (Lipinski definition) is 1. The van der Waals surface area contributed by atoms with Crippen LogP contribution in [-0.2, 0) is 4.74 Å². The van der Waals surface area contributed by atoms with Gasteiger partial charge < -0.3 is 10.1 Å². The van der Waals surface area contributed by atoms with Gasteiger partial charge >= 0.3 is 0 Å². The molecule has 0 radical (unpaired) electrons. The topological polar surface area (TPSA) is 47.0 Å². The summed E-state index contributed by atoms with van der Waals surface area (Å²) in [5.74, 6) is 1.33. The fourth-order valence-electron chi connectivity index (χ4n) is 1.06. The van der Waals surface area contributed by atoms with Crippen molar-refractivity contribution in [3.8, 4) is 0 Å². The Morgan fingerprint density at radius 2 is 2.00 bits per heavy atom. The summed E-state index contributed by atoms with van der Waals surface area (Å²) in [4.78, 5) is 8.20. The van der Waals surface area contributed by atoms with Crippen molar-refractivity contribution in [3.05, 3.63) is 16.9 Å². The Hall–Kier alpha value is -0.680. The summed E-state index contributed by atoms with van der Waals surface area (Å²) in [6.45, 7) is 6.63. The lowest BCUT2D eigenvalue weighted by Crippen LogP contribution is -2.12. The Morgan fingerprint density at radius 3 is 2.62 bits per heavy atom. The van der Waals surface area contributed by atoms with Crippen LogP contribution in [0.2, 0.25) is 0 Å². The molecular weight excluding hydrogens is 270 g/mol. The Kier molecular flexibility index (Phi) is 6.33. The van der Waals surface area contributed by atoms with Crippen LogP contribution in [0.25, 0.3) is 0 Å². The minimum atomic E-state index is 0.635. The van der Waals surface area contributed by atoms with Crippen LogP contribution in [0.1, 0.15) is 20.3 Å². The molecule has 0 fully saturated rings. The molecule has 4 nitrogen and oxygen atoms in total. The molecule has 1 aromatic heterocycles. The molecule has 0 unspecified atom stereocenters. The van der Waals surface area contributed by atoms with Gasteiger partial charge in [0.15, 0.2) is 0 Å². The number of hydrogen-bond acceptors (Lipinski definition) is 4. The summed E-state index contributed by atoms with van der Waals surface area (Å²) in [5.41, 5.74) is 0. The molecule has 1 N–H and O–H groups in total. The first-order valence-electron chi connectivity index (χ1n) is 5.47. The average molecular weight is 288 g/mol. The molecule has 0 spiro atoms. The molecule has 0 saturated heterocycles. The maximum absolute atomic E-state index is 5.46. The molecule has 1 heterocycles. The highest BCUT2D eigenvalue weighted by Gasteiger charge is 1.96. The summed E-state index contributed by atoms with van der Waals surface area (Å²) in [5, 5.41) is 3.09. The van der Waals surface area contributed by atoms with Crippen LogP contribution in [0.15, 0.2) is 16.9 Å². The van der Waals surface area contributed by atoms with E-state index >= 15 is 0 Å². The number of nitrogens with one attached hydrogen (secondary N) is 1. The summed E-state index contributed by atoms with van der Waals surface area (Å²) < 4.78 is 6.34. The highest BCUT2D eigenvalue weighted by Crippen LogP contribution is 2.06. The predicted octanol–water partition coefficient (Wildman–Crippen LogP) is 2.71. The Bertz CT molecular complexity index is 290. The second-order valence-electron chi connectivity index (χ2n) is 3.95. The number of aromatic nitrogens is 2. The second kappa shape index (κ2) is 7.57. The predicted molar refractivity (Wildman–Crippen MR) is 68.5 cm³/mol. The molecule has 0 bridgehead atoms. The zero-order valence-corrected chi connectivity index (χ0v) is 11.3. The molecular formula is C11H18BrN3O. The maximum Gasteiger partial charge on any atom is 0.222 e. The van der Waals surface area contributed by atoms with Crippen LogP contribution in [0.3, 0.4) is 0 Å². The molecule has 0 aliphatic heterocycles. The maximum atomic E-state index is 5.46. The van der Waals surface area contributed by atoms with Gasteiger partial charge in [-0.05, 0) is 28.3 Å². The van der Waals surface area contributed by atoms with Crippen molar-refractivity contribution in [2.24, 2.45) is 5.92 Å². The van der Waals surface area contributed by atoms with Gasteiger partial charge in [0, 0.05) is 25.5 Å². The number of rotatable bonds is 7. The first kappa shape index (κ1) is 13.4. The lowest BCUT2D eigenvalue weighted by molar-refractivity contribution is 0.132. The van der Waals surface area contributed by atoms with Gasteiger partial charge in [-0.3, -0.25) is 0 Å². The smallest absolute Gasteiger partial charge is 0.222 e. The number of halogens is 1. The highest BCUT2D eigenvalue weighted by atomic mass is 79.9. The summed E-state index contributed by atoms with van der Waals surface area (Å²) >= 11 is 3.28. The van der Waals surface area contributed by atoms with Crippen LogP contribution >= 0.6 is 15.9 Å². The first-order valence-corrected chi connectivity index (χ1v) is 6.27. The van der Waals surface area contributed by atoms with Crippen LogP contribution in [0.5, 0.6) is 0 Å². The van der Waals surface area contributed by atoms with E-state index in [0.717, 1.165) is 24.0 Å². The van der Waals surface area contributed by atoms with Gasteiger partial charge in [-0.2, -0.15) is 0 Å². The van der Waals surface area contributed by atoms with E-state index in [1.165, 1.54) is 0 Å². The molecule has 90 valence electrons. The average Bonchev–Trinajstić information content (AvgIpc) is 2.25. The molecule has 5 heteroatoms. The van der Waals surface area contributed by atoms with Crippen molar-refractivity contribution in [3.63, 3.8) is 0 Å². The molecule has 1 rings (SSSR count). The monoisotopic (exact) mass is 287 g/mol. The van der Waals surface area contributed by atoms with Gasteiger partial charge in [-0.1, -0.05) is 13.8 Å². The first-order chi connectivity index (χ1) is 7.68. The van der Waals surface area contributed by atoms with Gasteiger partial charge in [0.2, 0.25) is 5.95 Å². The third-order valence-corrected chi connectivity index (χ3v) is 2.40. The minimum Gasteiger partial charge on any atom is -0.380 e. The van der Waals surface area contributed by atoms with E-state index in [2.05, 4.69) is 45.1 Å². The molecule has 0 aliphatic carbocycles. The SMILES string of the molecule is CC(C)CCOCCNc1ncc(Br)cn1. The normalized spacial score (nSPS) is 10.8. The van der Waals surface area contributed by atoms with Crippen LogP contribution in [0, 0.1) is 5.92 Å². The number of anilines is 1. The zero-order chi connectivity index (χ0) is 11.8. The van der Waals surface area contributed by atoms with E-state index in [9.17, 15) is 0 Å². The van der Waals surface area contributed by atoms with Gasteiger partial charge in [0.1, 0.15) is 0 Å². The highest BCUT2D eigenvalue weighted by molar-refractivity contribution is 9.10. The fraction of sp³-hybridized carbons (Fsp3) is 0.636. The Balaban J connectivity index is 2.05. The van der Waals surface area contributed by atoms with Crippen molar-refractivity contribution in [1.82, 2.24) is 9.97 Å². The lowest BCUT2D eigenvalue weighted by Gasteiger charge is -2.07. The van der Waals surface area contributed by atoms with Crippen LogP contribution in [0.4, 0.5) is 5.95 Å². The third-order valence-electron chi connectivity index (χ3n) is 1.99. The molecule has 0 atom stereocenters. The Morgan fingerprint density at radius 1 is 1.31 bits per heavy atom. The lowest BCUT2D eigenvalue weighted by atomic mass is 10.1. The number of ether oxygens (including phenoxy) is 1. The van der Waals surface area contributed by atoms with E-state index in [0.29, 0.717) is 18.5 Å². The molecule has 0 amide bonds. The minimum absolute atomic E-state index is 0.635. The molecule has 16 heavy (non-hydrogen) atoms. The van der Waals surface area contributed by atoms with Crippen molar-refractivity contribution < 1.29 is 4.74 Å². The van der Waals surface area contributed by atoms with Crippen molar-refractivity contribution in [2.75, 3.05) is 25.1 Å².